The number of amides is 2. The average molecular weight is 351 g/mol. The average Bonchev–Trinajstić information content (AvgIpc) is 3.07. The van der Waals surface area contributed by atoms with Crippen LogP contribution in [0.4, 0.5) is 5.69 Å². The van der Waals surface area contributed by atoms with Gasteiger partial charge in [-0.2, -0.15) is 5.10 Å². The van der Waals surface area contributed by atoms with Gasteiger partial charge in [-0.25, -0.2) is 0 Å². The Labute approximate surface area is 148 Å². The first-order valence-corrected chi connectivity index (χ1v) is 7.88. The zero-order valence-electron chi connectivity index (χ0n) is 14.0. The number of aryl methyl sites for hydroxylation is 1. The molecule has 0 spiro atoms. The first-order chi connectivity index (χ1) is 12.5. The molecule has 0 saturated carbocycles. The largest absolute Gasteiger partial charge is 0.342 e. The number of carbonyl (C=O) groups excluding carboxylic acids is 2. The van der Waals surface area contributed by atoms with Crippen LogP contribution in [-0.4, -0.2) is 33.1 Å². The lowest BCUT2D eigenvalue weighted by atomic mass is 10.1. The molecule has 0 atom stereocenters. The SMILES string of the molecule is Cn1nccc1C(=O)NCC(=O)Nc1ccc(-c2ccc(=O)[nH]c2)cc1. The van der Waals surface area contributed by atoms with Crippen molar-refractivity contribution in [1.82, 2.24) is 20.1 Å². The topological polar surface area (TPSA) is 109 Å². The molecule has 8 nitrogen and oxygen atoms in total. The molecule has 0 radical (unpaired) electrons. The van der Waals surface area contributed by atoms with Gasteiger partial charge >= 0.3 is 0 Å². The van der Waals surface area contributed by atoms with E-state index in [1.807, 2.05) is 12.1 Å². The summed E-state index contributed by atoms with van der Waals surface area (Å²) in [5.74, 6) is -0.703. The van der Waals surface area contributed by atoms with Gasteiger partial charge in [-0.15, -0.1) is 0 Å². The van der Waals surface area contributed by atoms with Crippen LogP contribution in [0.5, 0.6) is 0 Å². The summed E-state index contributed by atoms with van der Waals surface area (Å²) in [6, 6.07) is 11.9. The Morgan fingerprint density at radius 3 is 2.42 bits per heavy atom. The molecule has 2 heterocycles. The molecule has 0 aliphatic rings. The van der Waals surface area contributed by atoms with Crippen molar-refractivity contribution in [1.29, 1.82) is 0 Å². The van der Waals surface area contributed by atoms with E-state index in [9.17, 15) is 14.4 Å². The van der Waals surface area contributed by atoms with Gasteiger partial charge in [-0.3, -0.25) is 19.1 Å². The highest BCUT2D eigenvalue weighted by atomic mass is 16.2. The molecule has 3 rings (SSSR count). The predicted octanol–water partition coefficient (Wildman–Crippen LogP) is 1.14. The van der Waals surface area contributed by atoms with Crippen LogP contribution in [0.25, 0.3) is 11.1 Å². The van der Waals surface area contributed by atoms with Gasteiger partial charge in [0.05, 0.1) is 6.54 Å². The first-order valence-electron chi connectivity index (χ1n) is 7.88. The zero-order valence-corrected chi connectivity index (χ0v) is 14.0. The fourth-order valence-electron chi connectivity index (χ4n) is 2.39. The van der Waals surface area contributed by atoms with Gasteiger partial charge in [0.1, 0.15) is 5.69 Å². The summed E-state index contributed by atoms with van der Waals surface area (Å²) < 4.78 is 1.43. The summed E-state index contributed by atoms with van der Waals surface area (Å²) in [7, 11) is 1.65. The van der Waals surface area contributed by atoms with Crippen LogP contribution in [0, 0.1) is 0 Å². The van der Waals surface area contributed by atoms with Crippen molar-refractivity contribution < 1.29 is 9.59 Å². The molecule has 8 heteroatoms. The zero-order chi connectivity index (χ0) is 18.5. The maximum Gasteiger partial charge on any atom is 0.269 e. The Kier molecular flexibility index (Phi) is 4.93. The van der Waals surface area contributed by atoms with Crippen molar-refractivity contribution in [3.63, 3.8) is 0 Å². The fraction of sp³-hybridized carbons (Fsp3) is 0.111. The number of aromatic nitrogens is 3. The number of nitrogens with zero attached hydrogens (tertiary/aromatic N) is 2. The van der Waals surface area contributed by atoms with Gasteiger partial charge < -0.3 is 15.6 Å². The molecule has 3 aromatic rings. The fourth-order valence-corrected chi connectivity index (χ4v) is 2.39. The van der Waals surface area contributed by atoms with E-state index in [0.717, 1.165) is 11.1 Å². The van der Waals surface area contributed by atoms with Gasteiger partial charge in [0.2, 0.25) is 11.5 Å². The first kappa shape index (κ1) is 17.2. The van der Waals surface area contributed by atoms with E-state index in [0.29, 0.717) is 11.4 Å². The van der Waals surface area contributed by atoms with Crippen LogP contribution in [0.15, 0.2) is 59.7 Å². The number of nitrogens with one attached hydrogen (secondary N) is 3. The molecule has 0 unspecified atom stereocenters. The minimum Gasteiger partial charge on any atom is -0.342 e. The van der Waals surface area contributed by atoms with Crippen LogP contribution in [-0.2, 0) is 11.8 Å². The number of H-pyrrole nitrogens is 1. The number of hydrogen-bond acceptors (Lipinski definition) is 4. The third-order valence-electron chi connectivity index (χ3n) is 3.75. The van der Waals surface area contributed by atoms with Gasteiger partial charge in [0, 0.05) is 31.2 Å². The normalized spacial score (nSPS) is 10.3. The standard InChI is InChI=1S/C18H17N5O3/c1-23-15(8-9-21-23)18(26)20-11-17(25)22-14-5-2-12(3-6-14)13-4-7-16(24)19-10-13/h2-10H,11H2,1H3,(H,19,24)(H,20,26)(H,22,25). The Bertz CT molecular complexity index is 968. The van der Waals surface area contributed by atoms with Crippen molar-refractivity contribution in [2.45, 2.75) is 0 Å². The second-order valence-corrected chi connectivity index (χ2v) is 5.59. The van der Waals surface area contributed by atoms with Gasteiger partial charge in [-0.05, 0) is 35.4 Å². The van der Waals surface area contributed by atoms with E-state index < -0.39 is 0 Å². The summed E-state index contributed by atoms with van der Waals surface area (Å²) in [6.45, 7) is -0.147. The molecule has 0 aliphatic heterocycles. The lowest BCUT2D eigenvalue weighted by Gasteiger charge is -2.08. The molecule has 0 saturated heterocycles. The van der Waals surface area contributed by atoms with E-state index in [2.05, 4.69) is 20.7 Å². The van der Waals surface area contributed by atoms with Gasteiger partial charge in [-0.1, -0.05) is 12.1 Å². The number of aromatic amines is 1. The van der Waals surface area contributed by atoms with Gasteiger partial charge in [0.25, 0.3) is 5.91 Å². The monoisotopic (exact) mass is 351 g/mol. The molecule has 2 amide bonds. The van der Waals surface area contributed by atoms with Gasteiger partial charge in [0.15, 0.2) is 0 Å². The van der Waals surface area contributed by atoms with Crippen LogP contribution in [0.2, 0.25) is 0 Å². The molecular formula is C18H17N5O3. The number of carbonyl (C=O) groups is 2. The van der Waals surface area contributed by atoms with E-state index in [1.54, 1.807) is 37.5 Å². The minimum atomic E-state index is -0.367. The number of hydrogen-bond donors (Lipinski definition) is 3. The number of benzene rings is 1. The van der Waals surface area contributed by atoms with Crippen LogP contribution in [0.3, 0.4) is 0 Å². The van der Waals surface area contributed by atoms with Crippen molar-refractivity contribution in [2.75, 3.05) is 11.9 Å². The number of pyridine rings is 1. The summed E-state index contributed by atoms with van der Waals surface area (Å²) in [4.78, 5) is 37.6. The van der Waals surface area contributed by atoms with E-state index in [4.69, 9.17) is 0 Å². The van der Waals surface area contributed by atoms with Crippen molar-refractivity contribution in [3.8, 4) is 11.1 Å². The molecule has 2 aromatic heterocycles. The third kappa shape index (κ3) is 4.04. The number of rotatable bonds is 5. The number of anilines is 1. The highest BCUT2D eigenvalue weighted by Gasteiger charge is 2.11. The van der Waals surface area contributed by atoms with Crippen molar-refractivity contribution in [2.24, 2.45) is 7.05 Å². The quantitative estimate of drug-likeness (QED) is 0.640. The lowest BCUT2D eigenvalue weighted by molar-refractivity contribution is -0.115. The molecule has 26 heavy (non-hydrogen) atoms. The second-order valence-electron chi connectivity index (χ2n) is 5.59. The van der Waals surface area contributed by atoms with Crippen LogP contribution >= 0.6 is 0 Å². The molecule has 3 N–H and O–H groups in total. The Morgan fingerprint density at radius 1 is 1.08 bits per heavy atom. The second kappa shape index (κ2) is 7.47. The Balaban J connectivity index is 1.56. The van der Waals surface area contributed by atoms with E-state index in [1.165, 1.54) is 16.9 Å². The molecule has 0 aliphatic carbocycles. The molecule has 0 bridgehead atoms. The van der Waals surface area contributed by atoms with E-state index in [-0.39, 0.29) is 23.9 Å². The highest BCUT2D eigenvalue weighted by Crippen LogP contribution is 2.19. The Hall–Kier alpha value is -3.68. The van der Waals surface area contributed by atoms with Crippen molar-refractivity contribution >= 4 is 17.5 Å². The maximum atomic E-state index is 12.0. The molecular weight excluding hydrogens is 334 g/mol. The minimum absolute atomic E-state index is 0.147. The molecule has 132 valence electrons. The van der Waals surface area contributed by atoms with Crippen LogP contribution < -0.4 is 16.2 Å². The van der Waals surface area contributed by atoms with E-state index >= 15 is 0 Å². The molecule has 1 aromatic carbocycles. The third-order valence-corrected chi connectivity index (χ3v) is 3.75. The van der Waals surface area contributed by atoms with Crippen molar-refractivity contribution in [3.05, 3.63) is 70.9 Å². The molecule has 0 fully saturated rings. The van der Waals surface area contributed by atoms with Crippen LogP contribution in [0.1, 0.15) is 10.5 Å². The predicted molar refractivity (Wildman–Crippen MR) is 96.7 cm³/mol. The summed E-state index contributed by atoms with van der Waals surface area (Å²) in [6.07, 6.45) is 3.14. The summed E-state index contributed by atoms with van der Waals surface area (Å²) >= 11 is 0. The smallest absolute Gasteiger partial charge is 0.269 e. The highest BCUT2D eigenvalue weighted by molar-refractivity contribution is 5.98. The maximum absolute atomic E-state index is 12.0. The summed E-state index contributed by atoms with van der Waals surface area (Å²) in [5, 5.41) is 9.16. The lowest BCUT2D eigenvalue weighted by Crippen LogP contribution is -2.33. The summed E-state index contributed by atoms with van der Waals surface area (Å²) in [5.41, 5.74) is 2.60. The Morgan fingerprint density at radius 2 is 1.81 bits per heavy atom.